The molecule has 236 valence electrons. The summed E-state index contributed by atoms with van der Waals surface area (Å²) in [7, 11) is 3.06. The van der Waals surface area contributed by atoms with Gasteiger partial charge in [-0.3, -0.25) is 4.90 Å². The maximum absolute atomic E-state index is 13.7. The van der Waals surface area contributed by atoms with Crippen molar-refractivity contribution < 1.29 is 57.9 Å². The van der Waals surface area contributed by atoms with Crippen LogP contribution < -0.4 is 14.0 Å². The van der Waals surface area contributed by atoms with E-state index in [1.807, 2.05) is 0 Å². The highest BCUT2D eigenvalue weighted by Gasteiger charge is 2.90. The van der Waals surface area contributed by atoms with E-state index in [4.69, 9.17) is 9.44 Å². The Labute approximate surface area is 247 Å². The number of quaternary nitrogens is 1. The van der Waals surface area contributed by atoms with Gasteiger partial charge in [0.25, 0.3) is 5.82 Å². The molecule has 3 aromatic rings. The van der Waals surface area contributed by atoms with Crippen molar-refractivity contribution in [3.63, 3.8) is 0 Å². The van der Waals surface area contributed by atoms with E-state index in [1.54, 1.807) is 18.0 Å². The van der Waals surface area contributed by atoms with Crippen molar-refractivity contribution in [3.8, 4) is 0 Å². The molecule has 2 fully saturated rings. The van der Waals surface area contributed by atoms with Crippen LogP contribution in [0.15, 0.2) is 54.4 Å². The van der Waals surface area contributed by atoms with Crippen LogP contribution in [0.2, 0.25) is 0 Å². The molecule has 44 heavy (non-hydrogen) atoms. The van der Waals surface area contributed by atoms with Gasteiger partial charge in [-0.05, 0) is 30.3 Å². The van der Waals surface area contributed by atoms with Crippen LogP contribution in [-0.2, 0) is 35.2 Å². The van der Waals surface area contributed by atoms with Gasteiger partial charge in [-0.1, -0.05) is 0 Å². The van der Waals surface area contributed by atoms with Gasteiger partial charge in [0.1, 0.15) is 12.2 Å². The number of rotatable bonds is 6. The van der Waals surface area contributed by atoms with Gasteiger partial charge in [-0.25, -0.2) is 18.5 Å². The number of allylic oxidation sites excluding steroid dienone is 2. The van der Waals surface area contributed by atoms with Crippen molar-refractivity contribution in [3.05, 3.63) is 71.3 Å². The Morgan fingerprint density at radius 3 is 2.34 bits per heavy atom. The van der Waals surface area contributed by atoms with Crippen LogP contribution >= 0.6 is 12.3 Å². The molecule has 1 saturated carbocycles. The highest BCUT2D eigenvalue weighted by atomic mass is 32.2. The molecule has 1 aromatic heterocycles. The molecule has 0 amide bonds. The van der Waals surface area contributed by atoms with Gasteiger partial charge in [0, 0.05) is 37.8 Å². The molecule has 1 aliphatic carbocycles. The lowest BCUT2D eigenvalue weighted by Crippen LogP contribution is -2.33. The lowest BCUT2D eigenvalue weighted by molar-refractivity contribution is -0.647. The zero-order valence-electron chi connectivity index (χ0n) is 22.8. The highest BCUT2D eigenvalue weighted by molar-refractivity contribution is 7.88. The lowest BCUT2D eigenvalue weighted by Gasteiger charge is -2.18. The first-order valence-electron chi connectivity index (χ1n) is 13.0. The number of aromatic nitrogens is 2. The third-order valence-corrected chi connectivity index (χ3v) is 8.68. The second-order valence-corrected chi connectivity index (χ2v) is 11.3. The quantitative estimate of drug-likeness (QED) is 0.0592. The van der Waals surface area contributed by atoms with E-state index in [0.29, 0.717) is 36.2 Å². The molecule has 0 radical (unpaired) electrons. The van der Waals surface area contributed by atoms with Crippen LogP contribution in [0.4, 0.5) is 50.9 Å². The van der Waals surface area contributed by atoms with Gasteiger partial charge in [0.05, 0.1) is 18.2 Å². The highest BCUT2D eigenvalue weighted by Crippen LogP contribution is 2.71. The van der Waals surface area contributed by atoms with Gasteiger partial charge in [-0.2, -0.15) is 39.5 Å². The monoisotopic (exact) mass is 654 g/mol. The van der Waals surface area contributed by atoms with Crippen LogP contribution in [0, 0.1) is 0 Å². The van der Waals surface area contributed by atoms with Crippen molar-refractivity contribution in [2.75, 3.05) is 18.5 Å². The summed E-state index contributed by atoms with van der Waals surface area (Å²) in [5.41, 5.74) is -1.96. The fraction of sp³-hybridized carbons (Fsp3) is 0.370. The minimum Gasteiger partial charge on any atom is -0.305 e. The van der Waals surface area contributed by atoms with E-state index in [0.717, 1.165) is 28.8 Å². The van der Waals surface area contributed by atoms with Crippen molar-refractivity contribution in [2.24, 2.45) is 7.05 Å². The minimum absolute atomic E-state index is 0.0173. The number of alkyl halides is 9. The van der Waals surface area contributed by atoms with Crippen LogP contribution in [0.25, 0.3) is 17.1 Å². The smallest absolute Gasteiger partial charge is 0.305 e. The molecule has 1 N–H and O–H groups in total. The first-order chi connectivity index (χ1) is 20.4. The Morgan fingerprint density at radius 1 is 1.05 bits per heavy atom. The van der Waals surface area contributed by atoms with Crippen molar-refractivity contribution in [1.29, 1.82) is 0 Å². The number of imidazole rings is 1. The number of nitrogens with zero attached hydrogens (tertiary/aromatic N) is 4. The topological polar surface area (TPSA) is 50.7 Å². The predicted octanol–water partition coefficient (Wildman–Crippen LogP) is 6.97. The average molecular weight is 655 g/mol. The molecular weight excluding hydrogens is 631 g/mol. The molecule has 3 aliphatic rings. The summed E-state index contributed by atoms with van der Waals surface area (Å²) in [6.45, 7) is -1.23. The summed E-state index contributed by atoms with van der Waals surface area (Å²) in [5.74, 6) is 0.443. The average Bonchev–Trinajstić information content (AvgIpc) is 3.77. The molecule has 3 unspecified atom stereocenters. The van der Waals surface area contributed by atoms with Gasteiger partial charge in [0.15, 0.2) is 47.2 Å². The fourth-order valence-corrected chi connectivity index (χ4v) is 6.58. The molecule has 2 spiro atoms. The second kappa shape index (κ2) is 9.87. The first kappa shape index (κ1) is 30.8. The van der Waals surface area contributed by atoms with E-state index in [2.05, 4.69) is 4.33 Å². The Morgan fingerprint density at radius 2 is 1.70 bits per heavy atom. The Bertz CT molecular complexity index is 1720. The van der Waals surface area contributed by atoms with Crippen molar-refractivity contribution >= 4 is 40.8 Å². The number of benzene rings is 2. The van der Waals surface area contributed by atoms with Crippen LogP contribution in [0.1, 0.15) is 23.4 Å². The minimum atomic E-state index is -4.77. The molecule has 2 aliphatic heterocycles. The number of fused-ring (bicyclic) bond motifs is 4. The van der Waals surface area contributed by atoms with E-state index in [1.165, 1.54) is 29.8 Å². The lowest BCUT2D eigenvalue weighted by atomic mass is 10.1. The van der Waals surface area contributed by atoms with Gasteiger partial charge >= 0.3 is 18.5 Å². The summed E-state index contributed by atoms with van der Waals surface area (Å²) >= 11 is -0.0173. The molecule has 7 nitrogen and oxygen atoms in total. The summed E-state index contributed by atoms with van der Waals surface area (Å²) in [4.78, 5) is 6.87. The SMILES string of the molecule is CN1/C(=C\C=C\c2n(CC(F)(F)F)c3cc(C(F)(F)F)ccc3[n+]2C)[N+]2(CC23CC3OOSO)c2cc(C(F)(F)F)ccc21. The Hall–Kier alpha value is -3.25. The molecular formula is C27H23F9N4O3S+2. The predicted molar refractivity (Wildman–Crippen MR) is 141 cm³/mol. The first-order valence-corrected chi connectivity index (χ1v) is 13.7. The molecule has 2 aromatic carbocycles. The second-order valence-electron chi connectivity index (χ2n) is 11.0. The van der Waals surface area contributed by atoms with E-state index in [-0.39, 0.29) is 33.7 Å². The normalized spacial score (nSPS) is 25.8. The van der Waals surface area contributed by atoms with E-state index >= 15 is 0 Å². The van der Waals surface area contributed by atoms with Crippen molar-refractivity contribution in [1.82, 2.24) is 9.05 Å². The summed E-state index contributed by atoms with van der Waals surface area (Å²) < 4.78 is 137. The number of aryl methyl sites for hydroxylation is 1. The van der Waals surface area contributed by atoms with Crippen LogP contribution in [-0.4, -0.2) is 40.5 Å². The Balaban J connectivity index is 1.44. The van der Waals surface area contributed by atoms with E-state index in [9.17, 15) is 39.5 Å². The van der Waals surface area contributed by atoms with Gasteiger partial charge in [-0.15, -0.1) is 4.33 Å². The van der Waals surface area contributed by atoms with E-state index < -0.39 is 47.8 Å². The van der Waals surface area contributed by atoms with Crippen molar-refractivity contribution in [2.45, 2.75) is 43.1 Å². The number of halogens is 9. The van der Waals surface area contributed by atoms with Crippen LogP contribution in [0.3, 0.4) is 0 Å². The summed E-state index contributed by atoms with van der Waals surface area (Å²) in [6, 6.07) is 5.90. The Kier molecular flexibility index (Phi) is 6.90. The number of anilines is 1. The summed E-state index contributed by atoms with van der Waals surface area (Å²) in [5, 5.41) is 0. The maximum atomic E-state index is 13.7. The third kappa shape index (κ3) is 4.76. The molecule has 1 saturated heterocycles. The largest absolute Gasteiger partial charge is 0.426 e. The summed E-state index contributed by atoms with van der Waals surface area (Å²) in [6.07, 6.45) is -10.0. The number of hydrogen-bond donors (Lipinski definition) is 1. The fourth-order valence-electron chi connectivity index (χ4n) is 6.45. The zero-order chi connectivity index (χ0) is 32.0. The van der Waals surface area contributed by atoms with Crippen LogP contribution in [0.5, 0.6) is 0 Å². The zero-order valence-corrected chi connectivity index (χ0v) is 23.6. The standard InChI is InChI=1S/C27H22F9N4O3S/c1-37-17-8-6-15(26(31,32)33)10-19(17)39(13-25(28,29)30)22(37)4-3-5-23-38(2)18-9-7-16(27(34,35)36)11-20(18)40(23)14-24(40)12-21(24)42-43-44-41/h3-11,21H,12-14H2,1-2H3/q+1/p+1. The molecule has 0 bridgehead atoms. The third-order valence-electron chi connectivity index (χ3n) is 8.54. The maximum Gasteiger partial charge on any atom is 0.426 e. The van der Waals surface area contributed by atoms with Gasteiger partial charge in [0.2, 0.25) is 5.82 Å². The molecule has 3 heterocycles. The number of hydrogen-bond acceptors (Lipinski definition) is 5. The molecule has 3 atom stereocenters. The molecule has 17 heteroatoms. The van der Waals surface area contributed by atoms with Gasteiger partial charge < -0.3 is 4.55 Å². The molecule has 6 rings (SSSR count).